The maximum absolute atomic E-state index is 8.67. The molecule has 0 radical (unpaired) electrons. The van der Waals surface area contributed by atoms with Crippen molar-refractivity contribution in [1.82, 2.24) is 0 Å². The van der Waals surface area contributed by atoms with E-state index in [-0.39, 0.29) is 6.10 Å². The van der Waals surface area contributed by atoms with Gasteiger partial charge in [0, 0.05) is 0 Å². The zero-order valence-electron chi connectivity index (χ0n) is 5.55. The molecule has 0 unspecified atom stereocenters. The van der Waals surface area contributed by atoms with Gasteiger partial charge in [0.15, 0.2) is 0 Å². The second kappa shape index (κ2) is 9.80. The highest BCUT2D eigenvalue weighted by Crippen LogP contribution is 1.91. The molecule has 0 bridgehead atoms. The van der Waals surface area contributed by atoms with Crippen molar-refractivity contribution in [1.29, 1.82) is 0 Å². The maximum atomic E-state index is 8.67. The quantitative estimate of drug-likeness (QED) is 0.587. The first-order valence-corrected chi connectivity index (χ1v) is 2.78. The summed E-state index contributed by atoms with van der Waals surface area (Å²) in [6.45, 7) is 5.96. The largest absolute Gasteiger partial charge is 0.393 e. The molecule has 0 aliphatic heterocycles. The van der Waals surface area contributed by atoms with Crippen LogP contribution in [0.5, 0.6) is 0 Å². The molecule has 2 heteroatoms. The number of aliphatic hydroxyl groups excluding tert-OH is 1. The lowest BCUT2D eigenvalue weighted by Crippen LogP contribution is -1.99. The van der Waals surface area contributed by atoms with E-state index in [0.717, 1.165) is 12.8 Å². The Balaban J connectivity index is 0. The standard InChI is InChI=1S/C5H12O.CH2O/c1-3-5(6)4-2;1-2/h5-6H,3-4H2,1-2H3;1H2. The van der Waals surface area contributed by atoms with Crippen molar-refractivity contribution in [3.05, 3.63) is 0 Å². The van der Waals surface area contributed by atoms with Crippen LogP contribution in [0.2, 0.25) is 0 Å². The summed E-state index contributed by atoms with van der Waals surface area (Å²) in [7, 11) is 0. The first-order chi connectivity index (χ1) is 3.81. The number of hydrogen-bond acceptors (Lipinski definition) is 2. The fraction of sp³-hybridized carbons (Fsp3) is 0.833. The predicted octanol–water partition coefficient (Wildman–Crippen LogP) is 0.982. The zero-order valence-corrected chi connectivity index (χ0v) is 5.55. The predicted molar refractivity (Wildman–Crippen MR) is 33.7 cm³/mol. The molecule has 50 valence electrons. The van der Waals surface area contributed by atoms with Crippen molar-refractivity contribution in [3.63, 3.8) is 0 Å². The molecular weight excluding hydrogens is 104 g/mol. The molecule has 0 saturated carbocycles. The molecule has 0 rings (SSSR count). The summed E-state index contributed by atoms with van der Waals surface area (Å²) in [5.41, 5.74) is 0. The van der Waals surface area contributed by atoms with Crippen molar-refractivity contribution in [2.75, 3.05) is 0 Å². The lowest BCUT2D eigenvalue weighted by atomic mass is 10.2. The lowest BCUT2D eigenvalue weighted by molar-refractivity contribution is -0.0979. The van der Waals surface area contributed by atoms with Gasteiger partial charge >= 0.3 is 0 Å². The zero-order chi connectivity index (χ0) is 6.99. The molecule has 0 aliphatic rings. The molecule has 2 nitrogen and oxygen atoms in total. The summed E-state index contributed by atoms with van der Waals surface area (Å²) < 4.78 is 0. The molecular formula is C6H14O2. The van der Waals surface area contributed by atoms with Crippen LogP contribution in [0.1, 0.15) is 26.7 Å². The monoisotopic (exact) mass is 118 g/mol. The van der Waals surface area contributed by atoms with Gasteiger partial charge in [0.25, 0.3) is 0 Å². The molecule has 0 aromatic rings. The highest BCUT2D eigenvalue weighted by Gasteiger charge is 1.90. The van der Waals surface area contributed by atoms with Crippen LogP contribution < -0.4 is 0 Å². The van der Waals surface area contributed by atoms with Crippen molar-refractivity contribution in [2.24, 2.45) is 0 Å². The number of carbonyl (C=O) groups excluding carboxylic acids is 1. The second-order valence-electron chi connectivity index (χ2n) is 1.47. The Kier molecular flexibility index (Phi) is 13.0. The van der Waals surface area contributed by atoms with Gasteiger partial charge < -0.3 is 9.90 Å². The van der Waals surface area contributed by atoms with E-state index >= 15 is 0 Å². The van der Waals surface area contributed by atoms with E-state index in [9.17, 15) is 0 Å². The first-order valence-electron chi connectivity index (χ1n) is 2.78. The first kappa shape index (κ1) is 10.6. The van der Waals surface area contributed by atoms with Crippen molar-refractivity contribution in [2.45, 2.75) is 32.8 Å². The molecule has 0 saturated heterocycles. The topological polar surface area (TPSA) is 37.3 Å². The van der Waals surface area contributed by atoms with Crippen LogP contribution in [-0.2, 0) is 4.79 Å². The van der Waals surface area contributed by atoms with Gasteiger partial charge in [-0.05, 0) is 12.8 Å². The average molecular weight is 118 g/mol. The Hall–Kier alpha value is -0.370. The molecule has 0 heterocycles. The molecule has 0 aromatic carbocycles. The number of carbonyl (C=O) groups is 1. The molecule has 0 amide bonds. The number of hydrogen-bond donors (Lipinski definition) is 1. The van der Waals surface area contributed by atoms with Crippen LogP contribution in [-0.4, -0.2) is 18.0 Å². The van der Waals surface area contributed by atoms with E-state index in [4.69, 9.17) is 9.90 Å². The van der Waals surface area contributed by atoms with E-state index in [0.29, 0.717) is 0 Å². The Morgan fingerprint density at radius 1 is 1.38 bits per heavy atom. The third-order valence-corrected chi connectivity index (χ3v) is 0.942. The van der Waals surface area contributed by atoms with Crippen molar-refractivity contribution in [3.8, 4) is 0 Å². The molecule has 8 heavy (non-hydrogen) atoms. The Morgan fingerprint density at radius 2 is 1.62 bits per heavy atom. The SMILES string of the molecule is C=O.CCC(O)CC. The fourth-order valence-corrected chi connectivity index (χ4v) is 0.289. The van der Waals surface area contributed by atoms with Crippen LogP contribution in [0.25, 0.3) is 0 Å². The van der Waals surface area contributed by atoms with Gasteiger partial charge in [-0.2, -0.15) is 0 Å². The summed E-state index contributed by atoms with van der Waals surface area (Å²) in [5.74, 6) is 0. The van der Waals surface area contributed by atoms with Crippen LogP contribution in [0.3, 0.4) is 0 Å². The summed E-state index contributed by atoms with van der Waals surface area (Å²) in [6.07, 6.45) is 1.71. The van der Waals surface area contributed by atoms with Crippen LogP contribution >= 0.6 is 0 Å². The van der Waals surface area contributed by atoms with Gasteiger partial charge in [-0.1, -0.05) is 13.8 Å². The van der Waals surface area contributed by atoms with E-state index in [1.165, 1.54) is 0 Å². The fourth-order valence-electron chi connectivity index (χ4n) is 0.289. The molecule has 0 fully saturated rings. The van der Waals surface area contributed by atoms with E-state index in [1.54, 1.807) is 0 Å². The highest BCUT2D eigenvalue weighted by molar-refractivity contribution is 5.10. The smallest absolute Gasteiger partial charge is 0.106 e. The van der Waals surface area contributed by atoms with Crippen LogP contribution in [0.15, 0.2) is 0 Å². The molecule has 0 aliphatic carbocycles. The minimum absolute atomic E-state index is 0.0648. The average Bonchev–Trinajstić information content (AvgIpc) is 1.91. The van der Waals surface area contributed by atoms with Crippen LogP contribution in [0.4, 0.5) is 0 Å². The third kappa shape index (κ3) is 9.16. The van der Waals surface area contributed by atoms with Gasteiger partial charge in [0.05, 0.1) is 6.10 Å². The highest BCUT2D eigenvalue weighted by atomic mass is 16.3. The Morgan fingerprint density at radius 3 is 1.62 bits per heavy atom. The van der Waals surface area contributed by atoms with Crippen LogP contribution in [0, 0.1) is 0 Å². The van der Waals surface area contributed by atoms with E-state index in [2.05, 4.69) is 0 Å². The van der Waals surface area contributed by atoms with Gasteiger partial charge in [0.1, 0.15) is 6.79 Å². The van der Waals surface area contributed by atoms with Gasteiger partial charge in [0.2, 0.25) is 0 Å². The number of rotatable bonds is 2. The Bertz CT molecular complexity index is 33.5. The molecule has 0 aromatic heterocycles. The van der Waals surface area contributed by atoms with E-state index in [1.807, 2.05) is 20.6 Å². The molecule has 1 N–H and O–H groups in total. The molecule has 0 spiro atoms. The number of aliphatic hydroxyl groups is 1. The summed E-state index contributed by atoms with van der Waals surface area (Å²) in [5, 5.41) is 8.67. The van der Waals surface area contributed by atoms with Gasteiger partial charge in [-0.3, -0.25) is 0 Å². The minimum atomic E-state index is -0.0648. The summed E-state index contributed by atoms with van der Waals surface area (Å²) >= 11 is 0. The summed E-state index contributed by atoms with van der Waals surface area (Å²) in [6, 6.07) is 0. The molecule has 0 atom stereocenters. The maximum Gasteiger partial charge on any atom is 0.106 e. The van der Waals surface area contributed by atoms with Crippen molar-refractivity contribution < 1.29 is 9.90 Å². The second-order valence-corrected chi connectivity index (χ2v) is 1.47. The van der Waals surface area contributed by atoms with Crippen molar-refractivity contribution >= 4 is 6.79 Å². The minimum Gasteiger partial charge on any atom is -0.393 e. The van der Waals surface area contributed by atoms with E-state index < -0.39 is 0 Å². The lowest BCUT2D eigenvalue weighted by Gasteiger charge is -1.98. The van der Waals surface area contributed by atoms with Gasteiger partial charge in [-0.25, -0.2) is 0 Å². The normalized spacial score (nSPS) is 8.00. The Labute approximate surface area is 50.5 Å². The van der Waals surface area contributed by atoms with Gasteiger partial charge in [-0.15, -0.1) is 0 Å². The third-order valence-electron chi connectivity index (χ3n) is 0.942. The summed E-state index contributed by atoms with van der Waals surface area (Å²) in [4.78, 5) is 8.00.